The highest BCUT2D eigenvalue weighted by Crippen LogP contribution is 2.32. The molecule has 0 saturated carbocycles. The van der Waals surface area contributed by atoms with Gasteiger partial charge in [0, 0.05) is 30.7 Å². The molecule has 1 aliphatic heterocycles. The molecule has 0 aliphatic carbocycles. The van der Waals surface area contributed by atoms with Crippen LogP contribution in [0.15, 0.2) is 18.2 Å². The van der Waals surface area contributed by atoms with Crippen LogP contribution in [-0.2, 0) is 6.18 Å². The molecule has 1 amide bonds. The van der Waals surface area contributed by atoms with Crippen molar-refractivity contribution >= 4 is 5.91 Å². The van der Waals surface area contributed by atoms with Gasteiger partial charge in [0.25, 0.3) is 5.91 Å². The second-order valence-corrected chi connectivity index (χ2v) is 5.73. The van der Waals surface area contributed by atoms with Gasteiger partial charge in [0.2, 0.25) is 0 Å². The summed E-state index contributed by atoms with van der Waals surface area (Å²) in [6.45, 7) is 5.15. The summed E-state index contributed by atoms with van der Waals surface area (Å²) in [6, 6.07) is 2.35. The van der Waals surface area contributed by atoms with E-state index < -0.39 is 23.5 Å². The summed E-state index contributed by atoms with van der Waals surface area (Å²) in [5, 5.41) is 3.21. The van der Waals surface area contributed by atoms with E-state index in [2.05, 4.69) is 5.32 Å². The van der Waals surface area contributed by atoms with E-state index in [0.29, 0.717) is 31.8 Å². The fourth-order valence-electron chi connectivity index (χ4n) is 2.37. The van der Waals surface area contributed by atoms with Crippen molar-refractivity contribution in [2.75, 3.05) is 19.6 Å². The number of carbonyl (C=O) groups is 1. The standard InChI is InChI=1S/C14H16F4N2O/c1-13(2)8-20(6-5-19-13)12(21)9-3-4-11(15)10(7-9)14(16,17)18/h3-4,7,19H,5-6,8H2,1-2H3. The van der Waals surface area contributed by atoms with Crippen molar-refractivity contribution in [3.05, 3.63) is 35.1 Å². The maximum Gasteiger partial charge on any atom is 0.419 e. The van der Waals surface area contributed by atoms with Gasteiger partial charge in [-0.15, -0.1) is 0 Å². The maximum absolute atomic E-state index is 13.2. The Balaban J connectivity index is 2.28. The smallest absolute Gasteiger partial charge is 0.336 e. The molecule has 0 spiro atoms. The first-order chi connectivity index (χ1) is 9.60. The molecule has 1 aliphatic rings. The Hall–Kier alpha value is -1.63. The van der Waals surface area contributed by atoms with Crippen molar-refractivity contribution < 1.29 is 22.4 Å². The molecule has 1 heterocycles. The van der Waals surface area contributed by atoms with Crippen molar-refractivity contribution in [3.8, 4) is 0 Å². The highest BCUT2D eigenvalue weighted by Gasteiger charge is 2.35. The summed E-state index contributed by atoms with van der Waals surface area (Å²) >= 11 is 0. The molecule has 0 radical (unpaired) electrons. The molecule has 1 saturated heterocycles. The first-order valence-corrected chi connectivity index (χ1v) is 6.51. The van der Waals surface area contributed by atoms with E-state index in [9.17, 15) is 22.4 Å². The third kappa shape index (κ3) is 3.53. The molecule has 7 heteroatoms. The lowest BCUT2D eigenvalue weighted by molar-refractivity contribution is -0.140. The topological polar surface area (TPSA) is 32.3 Å². The second kappa shape index (κ2) is 5.29. The first-order valence-electron chi connectivity index (χ1n) is 6.51. The second-order valence-electron chi connectivity index (χ2n) is 5.73. The SMILES string of the molecule is CC1(C)CN(C(=O)c2ccc(F)c(C(F)(F)F)c2)CCN1. The maximum atomic E-state index is 13.2. The Bertz CT molecular complexity index is 554. The molecular formula is C14H16F4N2O. The van der Waals surface area contributed by atoms with Crippen molar-refractivity contribution in [2.45, 2.75) is 25.6 Å². The number of nitrogens with one attached hydrogen (secondary N) is 1. The number of rotatable bonds is 1. The van der Waals surface area contributed by atoms with Crippen LogP contribution in [0.25, 0.3) is 0 Å². The van der Waals surface area contributed by atoms with E-state index in [-0.39, 0.29) is 11.1 Å². The predicted octanol–water partition coefficient (Wildman–Crippen LogP) is 2.67. The number of hydrogen-bond donors (Lipinski definition) is 1. The lowest BCUT2D eigenvalue weighted by Gasteiger charge is -2.39. The van der Waals surface area contributed by atoms with Gasteiger partial charge in [-0.3, -0.25) is 4.79 Å². The van der Waals surface area contributed by atoms with Crippen LogP contribution < -0.4 is 5.32 Å². The quantitative estimate of drug-likeness (QED) is 0.809. The average molecular weight is 304 g/mol. The number of benzene rings is 1. The summed E-state index contributed by atoms with van der Waals surface area (Å²) in [5.41, 5.74) is -1.87. The van der Waals surface area contributed by atoms with Crippen LogP contribution in [0.1, 0.15) is 29.8 Å². The molecule has 1 aromatic carbocycles. The number of amides is 1. The van der Waals surface area contributed by atoms with Crippen LogP contribution in [0, 0.1) is 5.82 Å². The minimum Gasteiger partial charge on any atom is -0.336 e. The minimum absolute atomic E-state index is 0.151. The normalized spacial score (nSPS) is 18.7. The van der Waals surface area contributed by atoms with Crippen LogP contribution in [0.3, 0.4) is 0 Å². The largest absolute Gasteiger partial charge is 0.419 e. The van der Waals surface area contributed by atoms with Crippen molar-refractivity contribution in [1.29, 1.82) is 0 Å². The molecule has 1 N–H and O–H groups in total. The zero-order valence-electron chi connectivity index (χ0n) is 11.7. The molecule has 0 unspecified atom stereocenters. The van der Waals surface area contributed by atoms with E-state index in [0.717, 1.165) is 6.07 Å². The number of halogens is 4. The highest BCUT2D eigenvalue weighted by molar-refractivity contribution is 5.94. The fourth-order valence-corrected chi connectivity index (χ4v) is 2.37. The van der Waals surface area contributed by atoms with Crippen molar-refractivity contribution in [3.63, 3.8) is 0 Å². The Labute approximate surface area is 119 Å². The molecule has 21 heavy (non-hydrogen) atoms. The monoisotopic (exact) mass is 304 g/mol. The van der Waals surface area contributed by atoms with Gasteiger partial charge >= 0.3 is 6.18 Å². The summed E-state index contributed by atoms with van der Waals surface area (Å²) in [6.07, 6.45) is -4.82. The summed E-state index contributed by atoms with van der Waals surface area (Å²) in [5.74, 6) is -1.89. The van der Waals surface area contributed by atoms with Crippen molar-refractivity contribution in [2.24, 2.45) is 0 Å². The Morgan fingerprint density at radius 1 is 1.33 bits per heavy atom. The lowest BCUT2D eigenvalue weighted by atomic mass is 10.0. The van der Waals surface area contributed by atoms with E-state index in [4.69, 9.17) is 0 Å². The average Bonchev–Trinajstić information content (AvgIpc) is 2.36. The van der Waals surface area contributed by atoms with E-state index in [1.165, 1.54) is 4.90 Å². The number of piperazine rings is 1. The minimum atomic E-state index is -4.82. The van der Waals surface area contributed by atoms with Crippen LogP contribution in [0.2, 0.25) is 0 Å². The van der Waals surface area contributed by atoms with Gasteiger partial charge in [-0.05, 0) is 32.0 Å². The third-order valence-corrected chi connectivity index (χ3v) is 3.38. The number of alkyl halides is 3. The molecular weight excluding hydrogens is 288 g/mol. The summed E-state index contributed by atoms with van der Waals surface area (Å²) < 4.78 is 51.3. The molecule has 3 nitrogen and oxygen atoms in total. The van der Waals surface area contributed by atoms with E-state index in [1.807, 2.05) is 13.8 Å². The molecule has 116 valence electrons. The van der Waals surface area contributed by atoms with E-state index >= 15 is 0 Å². The zero-order chi connectivity index (χ0) is 15.8. The molecule has 0 atom stereocenters. The molecule has 1 aromatic rings. The fraction of sp³-hybridized carbons (Fsp3) is 0.500. The van der Waals surface area contributed by atoms with Crippen molar-refractivity contribution in [1.82, 2.24) is 10.2 Å². The van der Waals surface area contributed by atoms with Crippen LogP contribution in [0.5, 0.6) is 0 Å². The molecule has 2 rings (SSSR count). The van der Waals surface area contributed by atoms with Crippen LogP contribution >= 0.6 is 0 Å². The van der Waals surface area contributed by atoms with Gasteiger partial charge in [0.1, 0.15) is 5.82 Å². The number of carbonyl (C=O) groups excluding carboxylic acids is 1. The Morgan fingerprint density at radius 2 is 2.00 bits per heavy atom. The van der Waals surface area contributed by atoms with Crippen LogP contribution in [0.4, 0.5) is 17.6 Å². The van der Waals surface area contributed by atoms with Gasteiger partial charge in [-0.25, -0.2) is 4.39 Å². The Kier molecular flexibility index (Phi) is 3.97. The molecule has 0 aromatic heterocycles. The van der Waals surface area contributed by atoms with Gasteiger partial charge < -0.3 is 10.2 Å². The Morgan fingerprint density at radius 3 is 2.57 bits per heavy atom. The third-order valence-electron chi connectivity index (χ3n) is 3.38. The highest BCUT2D eigenvalue weighted by atomic mass is 19.4. The van der Waals surface area contributed by atoms with Gasteiger partial charge in [0.15, 0.2) is 0 Å². The summed E-state index contributed by atoms with van der Waals surface area (Å²) in [4.78, 5) is 13.8. The van der Waals surface area contributed by atoms with Gasteiger partial charge in [0.05, 0.1) is 5.56 Å². The zero-order valence-corrected chi connectivity index (χ0v) is 11.7. The van der Waals surface area contributed by atoms with Gasteiger partial charge in [-0.1, -0.05) is 0 Å². The van der Waals surface area contributed by atoms with Crippen LogP contribution in [-0.4, -0.2) is 36.0 Å². The molecule has 1 fully saturated rings. The van der Waals surface area contributed by atoms with E-state index in [1.54, 1.807) is 0 Å². The number of nitrogens with zero attached hydrogens (tertiary/aromatic N) is 1. The lowest BCUT2D eigenvalue weighted by Crippen LogP contribution is -2.58. The first kappa shape index (κ1) is 15.8. The molecule has 0 bridgehead atoms. The predicted molar refractivity (Wildman–Crippen MR) is 69.4 cm³/mol. The number of hydrogen-bond acceptors (Lipinski definition) is 2. The van der Waals surface area contributed by atoms with Gasteiger partial charge in [-0.2, -0.15) is 13.2 Å². The summed E-state index contributed by atoms with van der Waals surface area (Å²) in [7, 11) is 0.